The number of Topliss-reactive ketones (excluding diaryl/α,β-unsaturated/α-hetero) is 1. The van der Waals surface area contributed by atoms with Crippen LogP contribution < -0.4 is 5.73 Å². The highest BCUT2D eigenvalue weighted by Crippen LogP contribution is 2.32. The van der Waals surface area contributed by atoms with Crippen LogP contribution in [0.5, 0.6) is 0 Å². The van der Waals surface area contributed by atoms with Gasteiger partial charge in [0.1, 0.15) is 0 Å². The molecule has 2 rings (SSSR count). The van der Waals surface area contributed by atoms with Crippen LogP contribution in [0.4, 0.5) is 0 Å². The van der Waals surface area contributed by atoms with E-state index in [1.54, 1.807) is 12.4 Å². The van der Waals surface area contributed by atoms with Crippen molar-refractivity contribution >= 4 is 16.6 Å². The number of hydrogen-bond acceptors (Lipinski definition) is 3. The van der Waals surface area contributed by atoms with Gasteiger partial charge in [0, 0.05) is 35.3 Å². The monoisotopic (exact) mass is 256 g/mol. The van der Waals surface area contributed by atoms with Crippen molar-refractivity contribution in [3.8, 4) is 0 Å². The van der Waals surface area contributed by atoms with Crippen LogP contribution >= 0.6 is 0 Å². The van der Waals surface area contributed by atoms with E-state index in [9.17, 15) is 4.79 Å². The number of nitrogens with zero attached hydrogens (tertiary/aromatic N) is 1. The van der Waals surface area contributed by atoms with Gasteiger partial charge in [0.25, 0.3) is 0 Å². The van der Waals surface area contributed by atoms with E-state index in [1.165, 1.54) is 0 Å². The number of benzene rings is 1. The molecule has 100 valence electrons. The maximum atomic E-state index is 12.9. The first kappa shape index (κ1) is 13.7. The Labute approximate surface area is 113 Å². The normalized spacial score (nSPS) is 11.7. The van der Waals surface area contributed by atoms with Gasteiger partial charge in [0.2, 0.25) is 0 Å². The number of nitrogens with two attached hydrogens (primary N) is 1. The van der Waals surface area contributed by atoms with Crippen molar-refractivity contribution in [2.24, 2.45) is 11.1 Å². The van der Waals surface area contributed by atoms with Gasteiger partial charge < -0.3 is 5.73 Å². The van der Waals surface area contributed by atoms with Gasteiger partial charge in [-0.2, -0.15) is 0 Å². The minimum absolute atomic E-state index is 0.150. The summed E-state index contributed by atoms with van der Waals surface area (Å²) in [4.78, 5) is 17.0. The second kappa shape index (κ2) is 5.49. The summed E-state index contributed by atoms with van der Waals surface area (Å²) in [6.45, 7) is 4.45. The Morgan fingerprint density at radius 3 is 2.63 bits per heavy atom. The van der Waals surface area contributed by atoms with Crippen LogP contribution in [-0.2, 0) is 0 Å². The van der Waals surface area contributed by atoms with Gasteiger partial charge in [-0.15, -0.1) is 0 Å². The molecule has 0 amide bonds. The minimum atomic E-state index is -0.447. The van der Waals surface area contributed by atoms with Crippen molar-refractivity contribution in [3.05, 3.63) is 42.2 Å². The fourth-order valence-corrected chi connectivity index (χ4v) is 2.56. The number of carbonyl (C=O) groups excluding carboxylic acids is 1. The molecule has 0 radical (unpaired) electrons. The third kappa shape index (κ3) is 2.26. The molecule has 0 unspecified atom stereocenters. The Morgan fingerprint density at radius 1 is 1.26 bits per heavy atom. The fraction of sp³-hybridized carbons (Fsp3) is 0.375. The van der Waals surface area contributed by atoms with E-state index in [-0.39, 0.29) is 5.78 Å². The molecule has 2 aromatic rings. The summed E-state index contributed by atoms with van der Waals surface area (Å²) in [7, 11) is 0. The summed E-state index contributed by atoms with van der Waals surface area (Å²) >= 11 is 0. The average molecular weight is 256 g/mol. The van der Waals surface area contributed by atoms with Crippen molar-refractivity contribution in [1.29, 1.82) is 0 Å². The minimum Gasteiger partial charge on any atom is -0.329 e. The first-order valence-electron chi connectivity index (χ1n) is 6.76. The van der Waals surface area contributed by atoms with Gasteiger partial charge in [0.15, 0.2) is 5.78 Å². The van der Waals surface area contributed by atoms with E-state index in [4.69, 9.17) is 5.73 Å². The highest BCUT2D eigenvalue weighted by Gasteiger charge is 2.34. The standard InChI is InChI=1S/C16H20N2O/c1-3-16(4-2,11-17)15(19)14-7-5-6-12-10-18-9-8-13(12)14/h5-10H,3-4,11,17H2,1-2H3. The summed E-state index contributed by atoms with van der Waals surface area (Å²) < 4.78 is 0. The average Bonchev–Trinajstić information content (AvgIpc) is 2.49. The summed E-state index contributed by atoms with van der Waals surface area (Å²) in [5.74, 6) is 0.150. The van der Waals surface area contributed by atoms with Crippen LogP contribution in [0.3, 0.4) is 0 Å². The molecule has 1 aromatic carbocycles. The summed E-state index contributed by atoms with van der Waals surface area (Å²) in [5, 5.41) is 1.95. The van der Waals surface area contributed by atoms with Gasteiger partial charge in [-0.25, -0.2) is 0 Å². The maximum absolute atomic E-state index is 12.9. The number of hydrogen-bond donors (Lipinski definition) is 1. The molecular weight excluding hydrogens is 236 g/mol. The lowest BCUT2D eigenvalue weighted by atomic mass is 9.75. The van der Waals surface area contributed by atoms with Crippen molar-refractivity contribution in [1.82, 2.24) is 4.98 Å². The molecule has 0 bridgehead atoms. The summed E-state index contributed by atoms with van der Waals surface area (Å²) in [6, 6.07) is 7.67. The number of fused-ring (bicyclic) bond motifs is 1. The fourth-order valence-electron chi connectivity index (χ4n) is 2.56. The molecule has 0 aliphatic rings. The van der Waals surface area contributed by atoms with Gasteiger partial charge in [-0.05, 0) is 24.3 Å². The summed E-state index contributed by atoms with van der Waals surface area (Å²) in [5.41, 5.74) is 6.19. The smallest absolute Gasteiger partial charge is 0.170 e. The Hall–Kier alpha value is -1.74. The number of rotatable bonds is 5. The topological polar surface area (TPSA) is 56.0 Å². The van der Waals surface area contributed by atoms with Gasteiger partial charge in [-0.1, -0.05) is 32.0 Å². The number of aromatic nitrogens is 1. The molecule has 0 atom stereocenters. The lowest BCUT2D eigenvalue weighted by Gasteiger charge is -2.28. The van der Waals surface area contributed by atoms with Gasteiger partial charge in [-0.3, -0.25) is 9.78 Å². The van der Waals surface area contributed by atoms with Gasteiger partial charge in [0.05, 0.1) is 0 Å². The molecule has 0 spiro atoms. The van der Waals surface area contributed by atoms with Crippen molar-refractivity contribution in [3.63, 3.8) is 0 Å². The first-order chi connectivity index (χ1) is 9.18. The molecule has 0 fully saturated rings. The zero-order valence-corrected chi connectivity index (χ0v) is 11.5. The molecule has 0 aliphatic carbocycles. The molecule has 0 saturated carbocycles. The highest BCUT2D eigenvalue weighted by molar-refractivity contribution is 6.10. The number of ketones is 1. The van der Waals surface area contributed by atoms with E-state index in [1.807, 2.05) is 38.1 Å². The summed E-state index contributed by atoms with van der Waals surface area (Å²) in [6.07, 6.45) is 5.04. The molecule has 1 aromatic heterocycles. The quantitative estimate of drug-likeness (QED) is 0.836. The third-order valence-corrected chi connectivity index (χ3v) is 4.15. The Kier molecular flexibility index (Phi) is 3.96. The Morgan fingerprint density at radius 2 is 2.00 bits per heavy atom. The van der Waals surface area contributed by atoms with Crippen LogP contribution in [0, 0.1) is 5.41 Å². The van der Waals surface area contributed by atoms with Crippen LogP contribution in [0.1, 0.15) is 37.0 Å². The van der Waals surface area contributed by atoms with E-state index in [0.29, 0.717) is 6.54 Å². The van der Waals surface area contributed by atoms with Crippen molar-refractivity contribution in [2.75, 3.05) is 6.54 Å². The maximum Gasteiger partial charge on any atom is 0.170 e. The molecule has 3 nitrogen and oxygen atoms in total. The number of pyridine rings is 1. The van der Waals surface area contributed by atoms with Crippen LogP contribution in [0.2, 0.25) is 0 Å². The van der Waals surface area contributed by atoms with Gasteiger partial charge >= 0.3 is 0 Å². The molecule has 1 heterocycles. The van der Waals surface area contributed by atoms with E-state index >= 15 is 0 Å². The predicted octanol–water partition coefficient (Wildman–Crippen LogP) is 3.18. The molecule has 2 N–H and O–H groups in total. The lowest BCUT2D eigenvalue weighted by molar-refractivity contribution is 0.0789. The zero-order chi connectivity index (χ0) is 13.9. The highest BCUT2D eigenvalue weighted by atomic mass is 16.1. The van der Waals surface area contributed by atoms with Crippen LogP contribution in [-0.4, -0.2) is 17.3 Å². The van der Waals surface area contributed by atoms with Crippen molar-refractivity contribution in [2.45, 2.75) is 26.7 Å². The Bertz CT molecular complexity index is 575. The molecule has 3 heteroatoms. The predicted molar refractivity (Wildman–Crippen MR) is 78.1 cm³/mol. The molecule has 19 heavy (non-hydrogen) atoms. The SMILES string of the molecule is CCC(CC)(CN)C(=O)c1cccc2cnccc12. The molecule has 0 aliphatic heterocycles. The van der Waals surface area contributed by atoms with E-state index < -0.39 is 5.41 Å². The van der Waals surface area contributed by atoms with E-state index in [0.717, 1.165) is 29.2 Å². The number of carbonyl (C=O) groups is 1. The van der Waals surface area contributed by atoms with Crippen LogP contribution in [0.25, 0.3) is 10.8 Å². The lowest BCUT2D eigenvalue weighted by Crippen LogP contribution is -2.37. The second-order valence-electron chi connectivity index (χ2n) is 4.92. The van der Waals surface area contributed by atoms with E-state index in [2.05, 4.69) is 4.98 Å². The first-order valence-corrected chi connectivity index (χ1v) is 6.76. The van der Waals surface area contributed by atoms with Crippen LogP contribution in [0.15, 0.2) is 36.7 Å². The third-order valence-electron chi connectivity index (χ3n) is 4.15. The Balaban J connectivity index is 2.58. The molecule has 0 saturated heterocycles. The second-order valence-corrected chi connectivity index (χ2v) is 4.92. The zero-order valence-electron chi connectivity index (χ0n) is 11.5. The van der Waals surface area contributed by atoms with Crippen molar-refractivity contribution < 1.29 is 4.79 Å². The largest absolute Gasteiger partial charge is 0.329 e. The molecular formula is C16H20N2O.